The molecule has 33 heavy (non-hydrogen) atoms. The number of ether oxygens (including phenoxy) is 2. The van der Waals surface area contributed by atoms with Crippen LogP contribution in [0, 0.1) is 30.9 Å². The summed E-state index contributed by atoms with van der Waals surface area (Å²) in [7, 11) is 1.53. The summed E-state index contributed by atoms with van der Waals surface area (Å²) >= 11 is 4.80. The Kier molecular flexibility index (Phi) is 8.15. The molecule has 2 aromatic carbocycles. The van der Waals surface area contributed by atoms with E-state index in [-0.39, 0.29) is 11.5 Å². The maximum Gasteiger partial charge on any atom is 0.220 e. The van der Waals surface area contributed by atoms with Gasteiger partial charge in [-0.1, -0.05) is 30.5 Å². The Morgan fingerprint density at radius 2 is 2.00 bits per heavy atom. The first-order valence-electron chi connectivity index (χ1n) is 10.1. The molecule has 174 valence electrons. The van der Waals surface area contributed by atoms with Crippen molar-refractivity contribution in [2.75, 3.05) is 20.3 Å². The molecule has 0 spiro atoms. The highest BCUT2D eigenvalue weighted by Gasteiger charge is 2.26. The number of methoxy groups -OCH3 is 1. The third kappa shape index (κ3) is 5.75. The van der Waals surface area contributed by atoms with Gasteiger partial charge in [-0.25, -0.2) is 0 Å². The van der Waals surface area contributed by atoms with E-state index >= 15 is 0 Å². The summed E-state index contributed by atoms with van der Waals surface area (Å²) in [6.07, 6.45) is 1.63. The summed E-state index contributed by atoms with van der Waals surface area (Å²) in [6.45, 7) is 9.62. The molecule has 0 aliphatic rings. The molecule has 3 aromatic rings. The highest BCUT2D eigenvalue weighted by atomic mass is 79.9. The lowest BCUT2D eigenvalue weighted by atomic mass is 10.1. The molecule has 0 unspecified atom stereocenters. The molecule has 8 nitrogen and oxygen atoms in total. The van der Waals surface area contributed by atoms with E-state index in [1.165, 1.54) is 24.4 Å². The van der Waals surface area contributed by atoms with E-state index in [2.05, 4.69) is 45.7 Å². The maximum atomic E-state index is 11.5. The Hall–Kier alpha value is -2.85. The molecule has 1 atom stereocenters. The fourth-order valence-electron chi connectivity index (χ4n) is 3.26. The minimum Gasteiger partial charge on any atom is -0.493 e. The van der Waals surface area contributed by atoms with Crippen LogP contribution in [0.25, 0.3) is 5.69 Å². The second kappa shape index (κ2) is 10.8. The number of halogens is 1. The zero-order valence-corrected chi connectivity index (χ0v) is 21.3. The standard InChI is InChI=1S/C23H25BrN4O4S/c1-6-9-32-22-19(24)11-17(12-20(22)31-5)21(13-27(29)30)33-23-26-25-16(4)28(23)18-8-7-14(2)15(3)10-18/h6-8,10-12,21H,1,9,13H2,2-5H3/t21-/m1/s1. The average Bonchev–Trinajstić information content (AvgIpc) is 3.13. The number of rotatable bonds is 10. The largest absolute Gasteiger partial charge is 0.493 e. The normalized spacial score (nSPS) is 11.8. The van der Waals surface area contributed by atoms with Crippen molar-refractivity contribution in [1.29, 1.82) is 0 Å². The molecule has 0 fully saturated rings. The predicted molar refractivity (Wildman–Crippen MR) is 132 cm³/mol. The van der Waals surface area contributed by atoms with Gasteiger partial charge in [0.25, 0.3) is 0 Å². The Labute approximate surface area is 205 Å². The Morgan fingerprint density at radius 3 is 2.64 bits per heavy atom. The number of nitrogens with zero attached hydrogens (tertiary/aromatic N) is 4. The quantitative estimate of drug-likeness (QED) is 0.144. The molecular weight excluding hydrogens is 508 g/mol. The zero-order valence-electron chi connectivity index (χ0n) is 18.9. The first kappa shape index (κ1) is 24.8. The second-order valence-corrected chi connectivity index (χ2v) is 9.41. The van der Waals surface area contributed by atoms with Crippen LogP contribution in [-0.4, -0.2) is 39.9 Å². The minimum absolute atomic E-state index is 0.300. The molecule has 0 amide bonds. The first-order chi connectivity index (χ1) is 15.7. The Balaban J connectivity index is 2.03. The molecule has 0 saturated carbocycles. The summed E-state index contributed by atoms with van der Waals surface area (Å²) in [5.41, 5.74) is 3.94. The van der Waals surface area contributed by atoms with Gasteiger partial charge in [-0.3, -0.25) is 14.7 Å². The smallest absolute Gasteiger partial charge is 0.220 e. The van der Waals surface area contributed by atoms with Crippen LogP contribution in [0.15, 0.2) is 52.6 Å². The Morgan fingerprint density at radius 1 is 1.24 bits per heavy atom. The highest BCUT2D eigenvalue weighted by Crippen LogP contribution is 2.43. The van der Waals surface area contributed by atoms with Crippen molar-refractivity contribution in [1.82, 2.24) is 14.8 Å². The van der Waals surface area contributed by atoms with E-state index in [1.54, 1.807) is 12.1 Å². The molecule has 0 N–H and O–H groups in total. The molecule has 0 radical (unpaired) electrons. The minimum atomic E-state index is -0.535. The van der Waals surface area contributed by atoms with Crippen LogP contribution in [-0.2, 0) is 0 Å². The maximum absolute atomic E-state index is 11.5. The van der Waals surface area contributed by atoms with Gasteiger partial charge in [0.15, 0.2) is 16.7 Å². The summed E-state index contributed by atoms with van der Waals surface area (Å²) in [4.78, 5) is 11.2. The summed E-state index contributed by atoms with van der Waals surface area (Å²) in [5.74, 6) is 1.69. The van der Waals surface area contributed by atoms with Crippen molar-refractivity contribution in [3.63, 3.8) is 0 Å². The van der Waals surface area contributed by atoms with Crippen molar-refractivity contribution in [3.05, 3.63) is 80.1 Å². The lowest BCUT2D eigenvalue weighted by molar-refractivity contribution is -0.479. The van der Waals surface area contributed by atoms with Gasteiger partial charge in [-0.2, -0.15) is 0 Å². The monoisotopic (exact) mass is 532 g/mol. The van der Waals surface area contributed by atoms with Gasteiger partial charge in [0.05, 0.1) is 11.6 Å². The first-order valence-corrected chi connectivity index (χ1v) is 11.8. The zero-order chi connectivity index (χ0) is 24.1. The molecule has 0 aliphatic heterocycles. The second-order valence-electron chi connectivity index (χ2n) is 7.39. The van der Waals surface area contributed by atoms with Crippen molar-refractivity contribution in [2.24, 2.45) is 0 Å². The van der Waals surface area contributed by atoms with Gasteiger partial charge in [0, 0.05) is 10.6 Å². The van der Waals surface area contributed by atoms with Crippen LogP contribution in [0.3, 0.4) is 0 Å². The summed E-state index contributed by atoms with van der Waals surface area (Å²) < 4.78 is 13.7. The van der Waals surface area contributed by atoms with Crippen LogP contribution < -0.4 is 9.47 Å². The van der Waals surface area contributed by atoms with Crippen molar-refractivity contribution in [3.8, 4) is 17.2 Å². The van der Waals surface area contributed by atoms with Gasteiger partial charge in [-0.15, -0.1) is 10.2 Å². The van der Waals surface area contributed by atoms with Gasteiger partial charge < -0.3 is 9.47 Å². The van der Waals surface area contributed by atoms with Gasteiger partial charge in [0.1, 0.15) is 17.7 Å². The van der Waals surface area contributed by atoms with Gasteiger partial charge in [0.2, 0.25) is 6.54 Å². The number of hydrogen-bond donors (Lipinski definition) is 0. The molecular formula is C23H25BrN4O4S. The van der Waals surface area contributed by atoms with E-state index in [0.717, 1.165) is 11.3 Å². The van der Waals surface area contributed by atoms with E-state index < -0.39 is 5.25 Å². The van der Waals surface area contributed by atoms with Crippen molar-refractivity contribution in [2.45, 2.75) is 31.2 Å². The lowest BCUT2D eigenvalue weighted by Gasteiger charge is -2.18. The van der Waals surface area contributed by atoms with E-state index in [1.807, 2.05) is 36.6 Å². The van der Waals surface area contributed by atoms with E-state index in [4.69, 9.17) is 9.47 Å². The van der Waals surface area contributed by atoms with Gasteiger partial charge in [-0.05, 0) is 77.7 Å². The molecule has 1 aromatic heterocycles. The molecule has 10 heteroatoms. The highest BCUT2D eigenvalue weighted by molar-refractivity contribution is 9.10. The Bertz CT molecular complexity index is 1180. The molecule has 0 bridgehead atoms. The number of aromatic nitrogens is 3. The van der Waals surface area contributed by atoms with E-state index in [0.29, 0.717) is 39.1 Å². The summed E-state index contributed by atoms with van der Waals surface area (Å²) in [6, 6.07) is 9.66. The topological polar surface area (TPSA) is 92.3 Å². The SMILES string of the molecule is C=CCOc1c(Br)cc([C@@H](C[N+](=O)[O-])Sc2nnc(C)n2-c2ccc(C)c(C)c2)cc1OC. The van der Waals surface area contributed by atoms with Gasteiger partial charge >= 0.3 is 0 Å². The summed E-state index contributed by atoms with van der Waals surface area (Å²) in [5, 5.41) is 20.1. The van der Waals surface area contributed by atoms with E-state index in [9.17, 15) is 10.1 Å². The molecule has 3 rings (SSSR count). The predicted octanol–water partition coefficient (Wildman–Crippen LogP) is 5.64. The fraction of sp³-hybridized carbons (Fsp3) is 0.304. The van der Waals surface area contributed by atoms with Crippen LogP contribution in [0.5, 0.6) is 11.5 Å². The van der Waals surface area contributed by atoms with Crippen LogP contribution in [0.4, 0.5) is 0 Å². The third-order valence-corrected chi connectivity index (χ3v) is 6.85. The molecule has 1 heterocycles. The number of benzene rings is 2. The number of thioether (sulfide) groups is 1. The average molecular weight is 533 g/mol. The van der Waals surface area contributed by atoms with Crippen molar-refractivity contribution >= 4 is 27.7 Å². The molecule has 0 saturated heterocycles. The number of hydrogen-bond acceptors (Lipinski definition) is 7. The third-order valence-electron chi connectivity index (χ3n) is 5.08. The van der Waals surface area contributed by atoms with Crippen LogP contribution in [0.2, 0.25) is 0 Å². The van der Waals surface area contributed by atoms with Crippen LogP contribution in [0.1, 0.15) is 27.8 Å². The molecule has 0 aliphatic carbocycles. The fourth-order valence-corrected chi connectivity index (χ4v) is 4.99. The van der Waals surface area contributed by atoms with Crippen LogP contribution >= 0.6 is 27.7 Å². The number of nitro groups is 1. The van der Waals surface area contributed by atoms with Crippen molar-refractivity contribution < 1.29 is 14.4 Å². The number of aryl methyl sites for hydroxylation is 3. The lowest BCUT2D eigenvalue weighted by Crippen LogP contribution is -2.12.